The number of nitro groups is 1. The third-order valence-corrected chi connectivity index (χ3v) is 5.36. The van der Waals surface area contributed by atoms with Gasteiger partial charge in [-0.05, 0) is 43.3 Å². The van der Waals surface area contributed by atoms with Crippen LogP contribution in [0.5, 0.6) is 11.5 Å². The summed E-state index contributed by atoms with van der Waals surface area (Å²) < 4.78 is 6.02. The second-order valence-electron chi connectivity index (χ2n) is 6.88. The highest BCUT2D eigenvalue weighted by Crippen LogP contribution is 2.36. The number of hydrogen-bond acceptors (Lipinski definition) is 5. The quantitative estimate of drug-likeness (QED) is 0.257. The molecule has 0 bridgehead atoms. The maximum Gasteiger partial charge on any atom is 0.269 e. The number of pyridine rings is 1. The Bertz CT molecular complexity index is 1340. The summed E-state index contributed by atoms with van der Waals surface area (Å²) in [5.41, 5.74) is 1.86. The highest BCUT2D eigenvalue weighted by Gasteiger charge is 2.18. The number of anilines is 1. The lowest BCUT2D eigenvalue weighted by atomic mass is 10.1. The van der Waals surface area contributed by atoms with E-state index in [1.807, 2.05) is 13.0 Å². The zero-order valence-corrected chi connectivity index (χ0v) is 18.1. The first-order valence-electron chi connectivity index (χ1n) is 9.41. The molecule has 0 saturated heterocycles. The average molecular weight is 468 g/mol. The van der Waals surface area contributed by atoms with E-state index in [4.69, 9.17) is 27.9 Å². The number of nitrogens with zero attached hydrogens (tertiary/aromatic N) is 2. The summed E-state index contributed by atoms with van der Waals surface area (Å²) in [4.78, 5) is 27.7. The molecule has 0 unspecified atom stereocenters. The molecule has 1 amide bonds. The van der Waals surface area contributed by atoms with Crippen molar-refractivity contribution in [3.05, 3.63) is 98.1 Å². The maximum absolute atomic E-state index is 12.8. The van der Waals surface area contributed by atoms with E-state index in [0.717, 1.165) is 5.56 Å². The summed E-state index contributed by atoms with van der Waals surface area (Å²) in [6.45, 7) is 1.84. The van der Waals surface area contributed by atoms with Crippen molar-refractivity contribution < 1.29 is 14.5 Å². The topological polar surface area (TPSA) is 94.4 Å². The average Bonchev–Trinajstić information content (AvgIpc) is 2.76. The Hall–Kier alpha value is -3.68. The number of amides is 1. The van der Waals surface area contributed by atoms with E-state index in [1.165, 1.54) is 24.3 Å². The van der Waals surface area contributed by atoms with Crippen molar-refractivity contribution in [2.45, 2.75) is 6.92 Å². The largest absolute Gasteiger partial charge is 0.456 e. The monoisotopic (exact) mass is 467 g/mol. The first-order valence-corrected chi connectivity index (χ1v) is 10.2. The number of benzene rings is 3. The van der Waals surface area contributed by atoms with Gasteiger partial charge >= 0.3 is 0 Å². The predicted molar refractivity (Wildman–Crippen MR) is 124 cm³/mol. The minimum atomic E-state index is -0.475. The van der Waals surface area contributed by atoms with Crippen LogP contribution in [0.3, 0.4) is 0 Å². The van der Waals surface area contributed by atoms with Gasteiger partial charge in [0.1, 0.15) is 11.5 Å². The molecule has 0 aliphatic rings. The minimum Gasteiger partial charge on any atom is -0.456 e. The summed E-state index contributed by atoms with van der Waals surface area (Å²) in [7, 11) is 0. The molecule has 1 aromatic heterocycles. The fraction of sp³-hybridized carbons (Fsp3) is 0.0435. The summed E-state index contributed by atoms with van der Waals surface area (Å²) >= 11 is 12.3. The van der Waals surface area contributed by atoms with Crippen molar-refractivity contribution >= 4 is 51.4 Å². The molecule has 160 valence electrons. The second kappa shape index (κ2) is 8.82. The normalized spacial score (nSPS) is 10.7. The van der Waals surface area contributed by atoms with Crippen LogP contribution in [0.15, 0.2) is 66.9 Å². The lowest BCUT2D eigenvalue weighted by molar-refractivity contribution is -0.384. The van der Waals surface area contributed by atoms with Crippen LogP contribution in [0.4, 0.5) is 11.4 Å². The molecule has 3 aromatic carbocycles. The highest BCUT2D eigenvalue weighted by atomic mass is 35.5. The molecule has 0 saturated carbocycles. The predicted octanol–water partition coefficient (Wildman–Crippen LogP) is 6.80. The first kappa shape index (κ1) is 21.5. The molecule has 0 fully saturated rings. The molecular formula is C23H15Cl2N3O4. The summed E-state index contributed by atoms with van der Waals surface area (Å²) in [5, 5.41) is 14.8. The van der Waals surface area contributed by atoms with Crippen molar-refractivity contribution in [3.8, 4) is 11.5 Å². The molecule has 9 heteroatoms. The third-order valence-electron chi connectivity index (χ3n) is 4.73. The van der Waals surface area contributed by atoms with Gasteiger partial charge in [0.2, 0.25) is 0 Å². The number of ether oxygens (including phenoxy) is 1. The van der Waals surface area contributed by atoms with Gasteiger partial charge in [0, 0.05) is 29.3 Å². The van der Waals surface area contributed by atoms with Crippen molar-refractivity contribution in [1.82, 2.24) is 4.98 Å². The summed E-state index contributed by atoms with van der Waals surface area (Å²) in [6, 6.07) is 15.9. The molecule has 0 aliphatic carbocycles. The Morgan fingerprint density at radius 2 is 1.69 bits per heavy atom. The van der Waals surface area contributed by atoms with Gasteiger partial charge < -0.3 is 10.1 Å². The molecule has 4 rings (SSSR count). The van der Waals surface area contributed by atoms with Crippen LogP contribution in [0, 0.1) is 17.0 Å². The molecule has 0 radical (unpaired) electrons. The minimum absolute atomic E-state index is 0.0307. The molecule has 0 spiro atoms. The van der Waals surface area contributed by atoms with Crippen LogP contribution in [0.1, 0.15) is 15.9 Å². The lowest BCUT2D eigenvalue weighted by Crippen LogP contribution is -2.13. The number of nitrogens with one attached hydrogen (secondary N) is 1. The molecule has 7 nitrogen and oxygen atoms in total. The van der Waals surface area contributed by atoms with Gasteiger partial charge in [0.25, 0.3) is 11.6 Å². The van der Waals surface area contributed by atoms with E-state index in [2.05, 4.69) is 10.3 Å². The van der Waals surface area contributed by atoms with Crippen LogP contribution >= 0.6 is 23.2 Å². The van der Waals surface area contributed by atoms with Crippen molar-refractivity contribution in [3.63, 3.8) is 0 Å². The molecular weight excluding hydrogens is 453 g/mol. The Morgan fingerprint density at radius 3 is 2.34 bits per heavy atom. The Morgan fingerprint density at radius 1 is 1.03 bits per heavy atom. The molecule has 0 atom stereocenters. The zero-order chi connectivity index (χ0) is 22.8. The standard InChI is InChI=1S/C23H15Cl2N3O4/c1-13-12-26-21-16(22(13)32-15-10-8-14(9-11-15)28(30)31)4-2-7-19(21)27-23(29)20-17(24)5-3-6-18(20)25/h2-12H,1H3,(H,27,29). The lowest BCUT2D eigenvalue weighted by Gasteiger charge is -2.14. The molecule has 4 aromatic rings. The fourth-order valence-electron chi connectivity index (χ4n) is 3.19. The van der Waals surface area contributed by atoms with Gasteiger partial charge in [-0.3, -0.25) is 19.9 Å². The second-order valence-corrected chi connectivity index (χ2v) is 7.69. The number of rotatable bonds is 5. The number of para-hydroxylation sites is 1. The summed E-state index contributed by atoms with van der Waals surface area (Å²) in [6.07, 6.45) is 1.63. The third kappa shape index (κ3) is 4.21. The smallest absolute Gasteiger partial charge is 0.269 e. The van der Waals surface area contributed by atoms with E-state index < -0.39 is 10.8 Å². The van der Waals surface area contributed by atoms with Gasteiger partial charge in [-0.2, -0.15) is 0 Å². The number of fused-ring (bicyclic) bond motifs is 1. The van der Waals surface area contributed by atoms with Crippen molar-refractivity contribution in [2.24, 2.45) is 0 Å². The highest BCUT2D eigenvalue weighted by molar-refractivity contribution is 6.40. The van der Waals surface area contributed by atoms with Gasteiger partial charge in [-0.25, -0.2) is 0 Å². The molecule has 1 heterocycles. The first-order chi connectivity index (χ1) is 15.3. The van der Waals surface area contributed by atoms with Crippen LogP contribution in [0.25, 0.3) is 10.9 Å². The van der Waals surface area contributed by atoms with Gasteiger partial charge in [-0.1, -0.05) is 35.3 Å². The van der Waals surface area contributed by atoms with Gasteiger partial charge in [0.15, 0.2) is 0 Å². The summed E-state index contributed by atoms with van der Waals surface area (Å²) in [5.74, 6) is 0.493. The van der Waals surface area contributed by atoms with Crippen LogP contribution in [-0.2, 0) is 0 Å². The number of aryl methyl sites for hydroxylation is 1. The number of hydrogen-bond donors (Lipinski definition) is 1. The molecule has 0 aliphatic heterocycles. The van der Waals surface area contributed by atoms with E-state index in [1.54, 1.807) is 36.5 Å². The van der Waals surface area contributed by atoms with E-state index in [0.29, 0.717) is 28.1 Å². The Labute approximate surface area is 192 Å². The van der Waals surface area contributed by atoms with Crippen molar-refractivity contribution in [1.29, 1.82) is 0 Å². The van der Waals surface area contributed by atoms with E-state index >= 15 is 0 Å². The molecule has 32 heavy (non-hydrogen) atoms. The number of halogens is 2. The number of carbonyl (C=O) groups excluding carboxylic acids is 1. The van der Waals surface area contributed by atoms with Crippen LogP contribution < -0.4 is 10.1 Å². The number of nitro benzene ring substituents is 1. The van der Waals surface area contributed by atoms with E-state index in [9.17, 15) is 14.9 Å². The Balaban J connectivity index is 1.71. The number of aromatic nitrogens is 1. The number of carbonyl (C=O) groups is 1. The SMILES string of the molecule is Cc1cnc2c(NC(=O)c3c(Cl)cccc3Cl)cccc2c1Oc1ccc([N+](=O)[O-])cc1. The van der Waals surface area contributed by atoms with Crippen molar-refractivity contribution in [2.75, 3.05) is 5.32 Å². The Kier molecular flexibility index (Phi) is 5.94. The fourth-order valence-corrected chi connectivity index (χ4v) is 3.76. The van der Waals surface area contributed by atoms with Crippen LogP contribution in [-0.4, -0.2) is 15.8 Å². The van der Waals surface area contributed by atoms with Crippen LogP contribution in [0.2, 0.25) is 10.0 Å². The van der Waals surface area contributed by atoms with Gasteiger partial charge in [-0.15, -0.1) is 0 Å². The zero-order valence-electron chi connectivity index (χ0n) is 16.6. The molecule has 1 N–H and O–H groups in total. The van der Waals surface area contributed by atoms with Gasteiger partial charge in [0.05, 0.1) is 31.7 Å². The maximum atomic E-state index is 12.8. The van der Waals surface area contributed by atoms with E-state index in [-0.39, 0.29) is 21.3 Å². The number of non-ortho nitro benzene ring substituents is 1.